The third-order valence-corrected chi connectivity index (χ3v) is 8.54. The van der Waals surface area contributed by atoms with Crippen LogP contribution in [0.25, 0.3) is 21.0 Å². The number of carbonyl (C=O) groups excluding carboxylic acids is 1. The Morgan fingerprint density at radius 2 is 2.00 bits per heavy atom. The molecule has 0 unspecified atom stereocenters. The first kappa shape index (κ1) is 19.9. The van der Waals surface area contributed by atoms with Crippen molar-refractivity contribution in [3.8, 4) is 0 Å². The van der Waals surface area contributed by atoms with E-state index >= 15 is 0 Å². The maximum atomic E-state index is 12.9. The molecule has 31 heavy (non-hydrogen) atoms. The smallest absolute Gasteiger partial charge is 0.250 e. The van der Waals surface area contributed by atoms with Crippen molar-refractivity contribution in [1.82, 2.24) is 14.6 Å². The Balaban J connectivity index is 1.32. The van der Waals surface area contributed by atoms with Gasteiger partial charge in [0, 0.05) is 35.1 Å². The number of carbonyl (C=O) groups is 1. The minimum Gasteiger partial charge on any atom is -0.398 e. The van der Waals surface area contributed by atoms with Gasteiger partial charge in [0.05, 0.1) is 5.52 Å². The molecule has 1 atom stereocenters. The van der Waals surface area contributed by atoms with E-state index in [1.165, 1.54) is 11.3 Å². The van der Waals surface area contributed by atoms with Crippen LogP contribution in [0.4, 0.5) is 5.69 Å². The molecule has 1 saturated heterocycles. The van der Waals surface area contributed by atoms with E-state index in [1.807, 2.05) is 42.5 Å². The standard InChI is InChI=1S/C22H20N4O3S2/c23-17-7-9-24-18-6-5-14(11-16(17)18)13-26-10-8-19(22(26)27)25-31(28,29)21-12-15-3-1-2-4-20(15)30-21/h1-7,9,11-12,19,25H,8,10,13H2,(H2,23,24)/t19-/m0/s1. The van der Waals surface area contributed by atoms with E-state index in [1.54, 1.807) is 23.2 Å². The van der Waals surface area contributed by atoms with Gasteiger partial charge >= 0.3 is 0 Å². The number of benzene rings is 2. The third-order valence-electron chi connectivity index (χ3n) is 5.48. The molecule has 0 saturated carbocycles. The van der Waals surface area contributed by atoms with Crippen molar-refractivity contribution in [1.29, 1.82) is 0 Å². The molecule has 0 aliphatic carbocycles. The highest BCUT2D eigenvalue weighted by molar-refractivity contribution is 7.91. The molecular weight excluding hydrogens is 432 g/mol. The van der Waals surface area contributed by atoms with E-state index in [0.717, 1.165) is 26.6 Å². The first-order valence-electron chi connectivity index (χ1n) is 9.83. The van der Waals surface area contributed by atoms with Gasteiger partial charge in [0.15, 0.2) is 0 Å². The van der Waals surface area contributed by atoms with Crippen LogP contribution in [-0.4, -0.2) is 36.8 Å². The number of thiophene rings is 1. The number of nitrogens with one attached hydrogen (secondary N) is 1. The number of nitrogens with two attached hydrogens (primary N) is 1. The van der Waals surface area contributed by atoms with Gasteiger partial charge in [-0.3, -0.25) is 9.78 Å². The number of rotatable bonds is 5. The van der Waals surface area contributed by atoms with Crippen LogP contribution in [0.15, 0.2) is 65.0 Å². The Hall–Kier alpha value is -3.01. The van der Waals surface area contributed by atoms with Crippen molar-refractivity contribution < 1.29 is 13.2 Å². The van der Waals surface area contributed by atoms with Gasteiger partial charge in [0.2, 0.25) is 5.91 Å². The van der Waals surface area contributed by atoms with Crippen LogP contribution in [0.5, 0.6) is 0 Å². The summed E-state index contributed by atoms with van der Waals surface area (Å²) >= 11 is 1.20. The monoisotopic (exact) mass is 452 g/mol. The van der Waals surface area contributed by atoms with E-state index < -0.39 is 16.1 Å². The SMILES string of the molecule is Nc1ccnc2ccc(CN3CC[C@H](NS(=O)(=O)c4cc5ccccc5s4)C3=O)cc12. The van der Waals surface area contributed by atoms with Gasteiger partial charge in [-0.1, -0.05) is 24.3 Å². The van der Waals surface area contributed by atoms with Gasteiger partial charge in [-0.15, -0.1) is 11.3 Å². The average molecular weight is 453 g/mol. The molecule has 1 aliphatic rings. The van der Waals surface area contributed by atoms with Gasteiger partial charge < -0.3 is 10.6 Å². The van der Waals surface area contributed by atoms with Gasteiger partial charge in [0.25, 0.3) is 10.0 Å². The van der Waals surface area contributed by atoms with Crippen molar-refractivity contribution in [2.24, 2.45) is 0 Å². The number of hydrogen-bond donors (Lipinski definition) is 2. The van der Waals surface area contributed by atoms with Crippen molar-refractivity contribution in [2.75, 3.05) is 12.3 Å². The summed E-state index contributed by atoms with van der Waals surface area (Å²) < 4.78 is 29.4. The number of likely N-dealkylation sites (tertiary alicyclic amines) is 1. The first-order chi connectivity index (χ1) is 14.9. The lowest BCUT2D eigenvalue weighted by atomic mass is 10.1. The number of pyridine rings is 1. The minimum atomic E-state index is -3.77. The van der Waals surface area contributed by atoms with Gasteiger partial charge in [-0.2, -0.15) is 4.72 Å². The molecule has 2 aromatic heterocycles. The third kappa shape index (κ3) is 3.76. The van der Waals surface area contributed by atoms with E-state index in [2.05, 4.69) is 9.71 Å². The summed E-state index contributed by atoms with van der Waals surface area (Å²) in [6.07, 6.45) is 2.09. The zero-order valence-corrected chi connectivity index (χ0v) is 18.1. The van der Waals surface area contributed by atoms with Crippen LogP contribution in [0, 0.1) is 0 Å². The molecular formula is C22H20N4O3S2. The molecule has 0 bridgehead atoms. The number of aromatic nitrogens is 1. The second-order valence-corrected chi connectivity index (χ2v) is 10.6. The fourth-order valence-corrected chi connectivity index (χ4v) is 6.51. The number of anilines is 1. The maximum absolute atomic E-state index is 12.9. The number of amides is 1. The summed E-state index contributed by atoms with van der Waals surface area (Å²) in [5.74, 6) is -0.219. The highest BCUT2D eigenvalue weighted by Gasteiger charge is 2.35. The summed E-state index contributed by atoms with van der Waals surface area (Å²) in [5, 5.41) is 1.71. The topological polar surface area (TPSA) is 105 Å². The highest BCUT2D eigenvalue weighted by Crippen LogP contribution is 2.29. The molecule has 1 aliphatic heterocycles. The Bertz CT molecular complexity index is 1380. The molecule has 2 aromatic carbocycles. The zero-order chi connectivity index (χ0) is 21.6. The Morgan fingerprint density at radius 3 is 2.84 bits per heavy atom. The predicted octanol–water partition coefficient (Wildman–Crippen LogP) is 3.11. The first-order valence-corrected chi connectivity index (χ1v) is 12.1. The Morgan fingerprint density at radius 1 is 1.16 bits per heavy atom. The quantitative estimate of drug-likeness (QED) is 0.484. The second kappa shape index (κ2) is 7.60. The molecule has 1 amide bonds. The molecule has 0 radical (unpaired) electrons. The second-order valence-electron chi connectivity index (χ2n) is 7.58. The van der Waals surface area contributed by atoms with E-state index in [9.17, 15) is 13.2 Å². The number of fused-ring (bicyclic) bond motifs is 2. The van der Waals surface area contributed by atoms with Crippen LogP contribution in [0.3, 0.4) is 0 Å². The average Bonchev–Trinajstić information content (AvgIpc) is 3.34. The lowest BCUT2D eigenvalue weighted by molar-refractivity contribution is -0.129. The number of nitrogens with zero attached hydrogens (tertiary/aromatic N) is 2. The molecule has 3 heterocycles. The Kier molecular flexibility index (Phi) is 4.88. The van der Waals surface area contributed by atoms with Crippen molar-refractivity contribution >= 4 is 53.9 Å². The summed E-state index contributed by atoms with van der Waals surface area (Å²) in [6, 6.07) is 15.8. The van der Waals surface area contributed by atoms with E-state index in [0.29, 0.717) is 25.2 Å². The normalized spacial score (nSPS) is 17.1. The molecule has 1 fully saturated rings. The van der Waals surface area contributed by atoms with Gasteiger partial charge in [-0.05, 0) is 47.7 Å². The van der Waals surface area contributed by atoms with Crippen LogP contribution >= 0.6 is 11.3 Å². The van der Waals surface area contributed by atoms with Gasteiger partial charge in [-0.25, -0.2) is 8.42 Å². The van der Waals surface area contributed by atoms with Gasteiger partial charge in [0.1, 0.15) is 10.3 Å². The summed E-state index contributed by atoms with van der Waals surface area (Å²) in [5.41, 5.74) is 8.39. The van der Waals surface area contributed by atoms with Crippen LogP contribution in [-0.2, 0) is 21.4 Å². The summed E-state index contributed by atoms with van der Waals surface area (Å²) in [6.45, 7) is 0.878. The molecule has 3 N–H and O–H groups in total. The van der Waals surface area contributed by atoms with Crippen molar-refractivity contribution in [2.45, 2.75) is 23.2 Å². The number of nitrogen functional groups attached to an aromatic ring is 1. The summed E-state index contributed by atoms with van der Waals surface area (Å²) in [7, 11) is -3.77. The van der Waals surface area contributed by atoms with Crippen LogP contribution in [0.1, 0.15) is 12.0 Å². The largest absolute Gasteiger partial charge is 0.398 e. The Labute approximate surface area is 183 Å². The number of sulfonamides is 1. The van der Waals surface area contributed by atoms with Crippen molar-refractivity contribution in [3.05, 3.63) is 66.4 Å². The van der Waals surface area contributed by atoms with E-state index in [-0.39, 0.29) is 10.1 Å². The fraction of sp³-hybridized carbons (Fsp3) is 0.182. The predicted molar refractivity (Wildman–Crippen MR) is 122 cm³/mol. The highest BCUT2D eigenvalue weighted by atomic mass is 32.2. The molecule has 158 valence electrons. The van der Waals surface area contributed by atoms with Crippen LogP contribution in [0.2, 0.25) is 0 Å². The fourth-order valence-electron chi connectivity index (χ4n) is 3.87. The summed E-state index contributed by atoms with van der Waals surface area (Å²) in [4.78, 5) is 18.8. The van der Waals surface area contributed by atoms with Crippen LogP contribution < -0.4 is 10.5 Å². The number of hydrogen-bond acceptors (Lipinski definition) is 6. The van der Waals surface area contributed by atoms with E-state index in [4.69, 9.17) is 5.73 Å². The molecule has 0 spiro atoms. The molecule has 7 nitrogen and oxygen atoms in total. The molecule has 9 heteroatoms. The zero-order valence-electron chi connectivity index (χ0n) is 16.5. The molecule has 4 aromatic rings. The maximum Gasteiger partial charge on any atom is 0.250 e. The van der Waals surface area contributed by atoms with Crippen molar-refractivity contribution in [3.63, 3.8) is 0 Å². The molecule has 5 rings (SSSR count). The minimum absolute atomic E-state index is 0.219. The lowest BCUT2D eigenvalue weighted by Gasteiger charge is -2.17. The lowest BCUT2D eigenvalue weighted by Crippen LogP contribution is -2.41.